The Morgan fingerprint density at radius 1 is 1.21 bits per heavy atom. The first-order chi connectivity index (χ1) is 16.5. The summed E-state index contributed by atoms with van der Waals surface area (Å²) >= 11 is 1.28. The minimum absolute atomic E-state index is 0.128. The van der Waals surface area contributed by atoms with Crippen molar-refractivity contribution < 1.29 is 23.7 Å². The summed E-state index contributed by atoms with van der Waals surface area (Å²) in [6.45, 7) is 3.84. The third-order valence-electron chi connectivity index (χ3n) is 5.64. The van der Waals surface area contributed by atoms with Gasteiger partial charge in [0.15, 0.2) is 16.3 Å². The average Bonchev–Trinajstić information content (AvgIpc) is 3.42. The fraction of sp³-hybridized carbons (Fsp3) is 0.240. The molecule has 0 bridgehead atoms. The molecule has 0 amide bonds. The first kappa shape index (κ1) is 22.0. The van der Waals surface area contributed by atoms with Crippen molar-refractivity contribution in [1.29, 1.82) is 0 Å². The molecule has 2 aromatic carbocycles. The van der Waals surface area contributed by atoms with Gasteiger partial charge in [0.05, 0.1) is 35.6 Å². The summed E-state index contributed by atoms with van der Waals surface area (Å²) in [5.74, 6) is 1.41. The van der Waals surface area contributed by atoms with E-state index in [0.29, 0.717) is 37.7 Å². The normalized spacial score (nSPS) is 16.8. The maximum absolute atomic E-state index is 13.6. The number of carbonyl (C=O) groups is 1. The highest BCUT2D eigenvalue weighted by Crippen LogP contribution is 2.38. The molecular formula is C25H22N2O6S. The van der Waals surface area contributed by atoms with Crippen LogP contribution in [0.3, 0.4) is 0 Å². The largest absolute Gasteiger partial charge is 0.497 e. The van der Waals surface area contributed by atoms with Crippen LogP contribution in [-0.2, 0) is 9.53 Å². The summed E-state index contributed by atoms with van der Waals surface area (Å²) in [6.07, 6.45) is 1.81. The number of ether oxygens (including phenoxy) is 4. The predicted molar refractivity (Wildman–Crippen MR) is 126 cm³/mol. The van der Waals surface area contributed by atoms with Crippen LogP contribution >= 0.6 is 11.3 Å². The van der Waals surface area contributed by atoms with Crippen LogP contribution in [0.4, 0.5) is 0 Å². The molecule has 3 aromatic rings. The number of methoxy groups -OCH3 is 1. The quantitative estimate of drug-likeness (QED) is 0.524. The maximum atomic E-state index is 13.6. The molecule has 1 unspecified atom stereocenters. The lowest BCUT2D eigenvalue weighted by Crippen LogP contribution is -2.39. The number of carbonyl (C=O) groups excluding carboxylic acids is 1. The molecular weight excluding hydrogens is 456 g/mol. The summed E-state index contributed by atoms with van der Waals surface area (Å²) in [4.78, 5) is 31.7. The van der Waals surface area contributed by atoms with Crippen molar-refractivity contribution in [1.82, 2.24) is 4.57 Å². The lowest BCUT2D eigenvalue weighted by molar-refractivity contribution is -0.139. The summed E-state index contributed by atoms with van der Waals surface area (Å²) in [7, 11) is 1.60. The minimum atomic E-state index is -0.706. The van der Waals surface area contributed by atoms with Gasteiger partial charge in [-0.3, -0.25) is 9.36 Å². The Bertz CT molecular complexity index is 1480. The lowest BCUT2D eigenvalue weighted by atomic mass is 9.95. The fourth-order valence-electron chi connectivity index (χ4n) is 4.04. The van der Waals surface area contributed by atoms with Crippen molar-refractivity contribution in [2.45, 2.75) is 19.9 Å². The summed E-state index contributed by atoms with van der Waals surface area (Å²) < 4.78 is 23.6. The zero-order valence-electron chi connectivity index (χ0n) is 18.9. The number of fused-ring (bicyclic) bond motifs is 2. The standard InChI is InChI=1S/C25H22N2O6S/c1-4-31-24(29)21-14(2)26-25-27(22(21)16-7-10-18-19(12-16)33-13-32-18)23(28)20(34-25)11-15-5-8-17(30-3)9-6-15/h5-12,22H,4,13H2,1-3H3. The van der Waals surface area contributed by atoms with Crippen LogP contribution in [-0.4, -0.2) is 31.0 Å². The van der Waals surface area contributed by atoms with E-state index in [2.05, 4.69) is 4.99 Å². The number of nitrogens with zero attached hydrogens (tertiary/aromatic N) is 2. The lowest BCUT2D eigenvalue weighted by Gasteiger charge is -2.24. The first-order valence-electron chi connectivity index (χ1n) is 10.7. The van der Waals surface area contributed by atoms with Gasteiger partial charge in [0.2, 0.25) is 6.79 Å². The van der Waals surface area contributed by atoms with Crippen molar-refractivity contribution in [3.05, 3.63) is 84.5 Å². The van der Waals surface area contributed by atoms with E-state index in [1.165, 1.54) is 11.3 Å². The van der Waals surface area contributed by atoms with E-state index in [-0.39, 0.29) is 19.0 Å². The Hall–Kier alpha value is -3.85. The van der Waals surface area contributed by atoms with Crippen LogP contribution in [0.25, 0.3) is 6.08 Å². The van der Waals surface area contributed by atoms with Crippen LogP contribution < -0.4 is 29.1 Å². The second kappa shape index (κ2) is 8.83. The molecule has 0 N–H and O–H groups in total. The summed E-state index contributed by atoms with van der Waals surface area (Å²) in [5, 5.41) is 0. The number of benzene rings is 2. The average molecular weight is 479 g/mol. The van der Waals surface area contributed by atoms with Crippen LogP contribution in [0.2, 0.25) is 0 Å². The SMILES string of the molecule is CCOC(=O)C1=C(C)N=c2sc(=Cc3ccc(OC)cc3)c(=O)n2C1c1ccc2c(c1)OCO2. The van der Waals surface area contributed by atoms with E-state index in [1.54, 1.807) is 37.7 Å². The fourth-order valence-corrected chi connectivity index (χ4v) is 5.09. The van der Waals surface area contributed by atoms with E-state index < -0.39 is 12.0 Å². The number of hydrogen-bond donors (Lipinski definition) is 0. The minimum Gasteiger partial charge on any atom is -0.497 e. The molecule has 3 heterocycles. The molecule has 1 aromatic heterocycles. The van der Waals surface area contributed by atoms with Gasteiger partial charge in [-0.25, -0.2) is 9.79 Å². The first-order valence-corrected chi connectivity index (χ1v) is 11.5. The monoisotopic (exact) mass is 478 g/mol. The van der Waals surface area contributed by atoms with Gasteiger partial charge in [-0.05, 0) is 55.3 Å². The van der Waals surface area contributed by atoms with Gasteiger partial charge in [-0.2, -0.15) is 0 Å². The highest BCUT2D eigenvalue weighted by molar-refractivity contribution is 7.07. The van der Waals surface area contributed by atoms with Crippen LogP contribution in [0, 0.1) is 0 Å². The van der Waals surface area contributed by atoms with Crippen molar-refractivity contribution >= 4 is 23.4 Å². The van der Waals surface area contributed by atoms with E-state index in [1.807, 2.05) is 36.4 Å². The van der Waals surface area contributed by atoms with Gasteiger partial charge in [-0.15, -0.1) is 0 Å². The Balaban J connectivity index is 1.69. The summed E-state index contributed by atoms with van der Waals surface area (Å²) in [5.41, 5.74) is 2.16. The number of rotatable bonds is 5. The van der Waals surface area contributed by atoms with Gasteiger partial charge in [0.25, 0.3) is 5.56 Å². The zero-order chi connectivity index (χ0) is 23.8. The highest BCUT2D eigenvalue weighted by Gasteiger charge is 2.34. The van der Waals surface area contributed by atoms with Gasteiger partial charge >= 0.3 is 5.97 Å². The molecule has 1 atom stereocenters. The van der Waals surface area contributed by atoms with Crippen molar-refractivity contribution in [3.8, 4) is 17.2 Å². The Kier molecular flexibility index (Phi) is 5.70. The number of esters is 1. The Labute approximate surface area is 199 Å². The molecule has 0 radical (unpaired) electrons. The van der Waals surface area contributed by atoms with Crippen molar-refractivity contribution in [2.24, 2.45) is 4.99 Å². The number of allylic oxidation sites excluding steroid dienone is 1. The molecule has 2 aliphatic rings. The van der Waals surface area contributed by atoms with Crippen LogP contribution in [0.1, 0.15) is 31.0 Å². The van der Waals surface area contributed by atoms with E-state index in [9.17, 15) is 9.59 Å². The van der Waals surface area contributed by atoms with Gasteiger partial charge < -0.3 is 18.9 Å². The van der Waals surface area contributed by atoms with E-state index in [4.69, 9.17) is 18.9 Å². The van der Waals surface area contributed by atoms with Crippen molar-refractivity contribution in [2.75, 3.05) is 20.5 Å². The Morgan fingerprint density at radius 3 is 2.71 bits per heavy atom. The topological polar surface area (TPSA) is 88.4 Å². The highest BCUT2D eigenvalue weighted by atomic mass is 32.1. The van der Waals surface area contributed by atoms with Gasteiger partial charge in [-0.1, -0.05) is 29.5 Å². The number of thiazole rings is 1. The molecule has 9 heteroatoms. The summed E-state index contributed by atoms with van der Waals surface area (Å²) in [6, 6.07) is 12.1. The predicted octanol–water partition coefficient (Wildman–Crippen LogP) is 2.54. The molecule has 34 heavy (non-hydrogen) atoms. The molecule has 0 spiro atoms. The molecule has 8 nitrogen and oxygen atoms in total. The molecule has 0 saturated heterocycles. The zero-order valence-corrected chi connectivity index (χ0v) is 19.7. The number of aromatic nitrogens is 1. The Morgan fingerprint density at radius 2 is 1.97 bits per heavy atom. The molecule has 2 aliphatic heterocycles. The second-order valence-corrected chi connectivity index (χ2v) is 8.70. The second-order valence-electron chi connectivity index (χ2n) is 7.69. The molecule has 5 rings (SSSR count). The van der Waals surface area contributed by atoms with E-state index in [0.717, 1.165) is 11.3 Å². The van der Waals surface area contributed by atoms with Crippen LogP contribution in [0.5, 0.6) is 17.2 Å². The van der Waals surface area contributed by atoms with Crippen molar-refractivity contribution in [3.63, 3.8) is 0 Å². The molecule has 0 aliphatic carbocycles. The molecule has 0 fully saturated rings. The van der Waals surface area contributed by atoms with Crippen LogP contribution in [0.15, 0.2) is 63.5 Å². The number of hydrogen-bond acceptors (Lipinski definition) is 8. The maximum Gasteiger partial charge on any atom is 0.338 e. The van der Waals surface area contributed by atoms with Gasteiger partial charge in [0.1, 0.15) is 5.75 Å². The third-order valence-corrected chi connectivity index (χ3v) is 6.63. The smallest absolute Gasteiger partial charge is 0.338 e. The molecule has 0 saturated carbocycles. The third kappa shape index (κ3) is 3.77. The van der Waals surface area contributed by atoms with E-state index >= 15 is 0 Å². The van der Waals surface area contributed by atoms with Gasteiger partial charge in [0, 0.05) is 0 Å². The molecule has 174 valence electrons.